The van der Waals surface area contributed by atoms with Crippen molar-refractivity contribution >= 4 is 33.3 Å². The van der Waals surface area contributed by atoms with Gasteiger partial charge in [-0.25, -0.2) is 4.39 Å². The van der Waals surface area contributed by atoms with Crippen LogP contribution in [0.4, 0.5) is 10.1 Å². The third-order valence-electron chi connectivity index (χ3n) is 8.47. The van der Waals surface area contributed by atoms with E-state index in [0.29, 0.717) is 55.8 Å². The maximum atomic E-state index is 15.8. The van der Waals surface area contributed by atoms with E-state index in [1.807, 2.05) is 41.0 Å². The maximum Gasteiger partial charge on any atom is 0.259 e. The molecule has 3 aliphatic heterocycles. The Labute approximate surface area is 230 Å². The number of likely N-dealkylation sites (tertiary alicyclic amines) is 1. The van der Waals surface area contributed by atoms with E-state index < -0.39 is 11.2 Å². The van der Waals surface area contributed by atoms with Gasteiger partial charge in [-0.1, -0.05) is 24.3 Å². The third-order valence-corrected chi connectivity index (χ3v) is 8.47. The smallest absolute Gasteiger partial charge is 0.259 e. The molecule has 7 rings (SSSR count). The molecule has 4 aromatic rings. The first-order valence-electron chi connectivity index (χ1n) is 13.9. The minimum absolute atomic E-state index is 0.00531. The lowest BCUT2D eigenvalue weighted by molar-refractivity contribution is 0.0302. The van der Waals surface area contributed by atoms with Crippen LogP contribution in [0.15, 0.2) is 53.5 Å². The van der Waals surface area contributed by atoms with E-state index in [2.05, 4.69) is 17.3 Å². The standard InChI is InChI=1S/C31H31FN4O4/c1-34-10-4-7-21(34)8-9-33-27-24(32)17-22-28-30(27)40-26-16-20-6-3-2-5-19(20)15-25(26)36(28)18-23(29(22)37)31(38)35-11-13-39-14-12-35/h2-3,5-6,15-18,21,33H,4,7-14H2,1H3. The van der Waals surface area contributed by atoms with Crippen LogP contribution in [0.1, 0.15) is 29.6 Å². The number of fused-ring (bicyclic) bond motifs is 3. The van der Waals surface area contributed by atoms with Crippen molar-refractivity contribution in [1.29, 1.82) is 0 Å². The highest BCUT2D eigenvalue weighted by atomic mass is 19.1. The molecule has 2 saturated heterocycles. The first-order chi connectivity index (χ1) is 19.5. The summed E-state index contributed by atoms with van der Waals surface area (Å²) in [5.74, 6) is -0.158. The number of nitrogens with zero attached hydrogens (tertiary/aromatic N) is 3. The van der Waals surface area contributed by atoms with Crippen LogP contribution in [0, 0.1) is 5.82 Å². The zero-order valence-electron chi connectivity index (χ0n) is 22.4. The summed E-state index contributed by atoms with van der Waals surface area (Å²) in [5, 5.41) is 5.36. The van der Waals surface area contributed by atoms with Gasteiger partial charge in [-0.15, -0.1) is 0 Å². The maximum absolute atomic E-state index is 15.8. The Bertz CT molecular complexity index is 1710. The second-order valence-electron chi connectivity index (χ2n) is 10.9. The number of nitrogens with one attached hydrogen (secondary N) is 1. The van der Waals surface area contributed by atoms with Crippen LogP contribution in [0.5, 0.6) is 11.5 Å². The highest BCUT2D eigenvalue weighted by molar-refractivity contribution is 6.02. The summed E-state index contributed by atoms with van der Waals surface area (Å²) in [4.78, 5) is 31.2. The second kappa shape index (κ2) is 9.91. The topological polar surface area (TPSA) is 76.0 Å². The number of carbonyl (C=O) groups is 1. The summed E-state index contributed by atoms with van der Waals surface area (Å²) in [7, 11) is 2.12. The molecule has 2 fully saturated rings. The SMILES string of the molecule is CN1CCCC1CCNc1c(F)cc2c(=O)c(C(=O)N3CCOCC3)cn3c2c1Oc1cc2ccccc2cc1-3. The average Bonchev–Trinajstić information content (AvgIpc) is 3.39. The molecule has 1 N–H and O–H groups in total. The van der Waals surface area contributed by atoms with E-state index in [1.54, 1.807) is 11.1 Å². The Morgan fingerprint density at radius 1 is 1.10 bits per heavy atom. The van der Waals surface area contributed by atoms with Crippen molar-refractivity contribution in [3.63, 3.8) is 0 Å². The molecule has 0 bridgehead atoms. The predicted octanol–water partition coefficient (Wildman–Crippen LogP) is 4.76. The number of hydrogen-bond donors (Lipinski definition) is 1. The van der Waals surface area contributed by atoms with E-state index >= 15 is 4.39 Å². The molecule has 206 valence electrons. The normalized spacial score (nSPS) is 18.6. The number of anilines is 1. The van der Waals surface area contributed by atoms with E-state index in [9.17, 15) is 9.59 Å². The van der Waals surface area contributed by atoms with Crippen LogP contribution in [0.25, 0.3) is 27.4 Å². The number of pyridine rings is 1. The molecule has 3 aliphatic rings. The molecule has 0 aliphatic carbocycles. The van der Waals surface area contributed by atoms with Crippen LogP contribution in [-0.2, 0) is 4.74 Å². The lowest BCUT2D eigenvalue weighted by atomic mass is 10.0. The molecule has 1 unspecified atom stereocenters. The molecule has 0 radical (unpaired) electrons. The number of ether oxygens (including phenoxy) is 2. The predicted molar refractivity (Wildman–Crippen MR) is 153 cm³/mol. The molecule has 9 heteroatoms. The van der Waals surface area contributed by atoms with Crippen LogP contribution in [0.2, 0.25) is 0 Å². The Morgan fingerprint density at radius 3 is 2.62 bits per heavy atom. The fraction of sp³-hybridized carbons (Fsp3) is 0.355. The summed E-state index contributed by atoms with van der Waals surface area (Å²) in [5.41, 5.74) is 0.874. The summed E-state index contributed by atoms with van der Waals surface area (Å²) in [6.45, 7) is 3.28. The highest BCUT2D eigenvalue weighted by Crippen LogP contribution is 2.46. The first-order valence-corrected chi connectivity index (χ1v) is 13.9. The summed E-state index contributed by atoms with van der Waals surface area (Å²) in [6, 6.07) is 13.5. The largest absolute Gasteiger partial charge is 0.451 e. The van der Waals surface area contributed by atoms with Crippen molar-refractivity contribution in [2.75, 3.05) is 51.8 Å². The van der Waals surface area contributed by atoms with E-state index in [-0.39, 0.29) is 28.3 Å². The molecule has 40 heavy (non-hydrogen) atoms. The van der Waals surface area contributed by atoms with Gasteiger partial charge in [0.2, 0.25) is 5.43 Å². The van der Waals surface area contributed by atoms with Gasteiger partial charge in [0.1, 0.15) is 16.8 Å². The van der Waals surface area contributed by atoms with Crippen molar-refractivity contribution < 1.29 is 18.7 Å². The van der Waals surface area contributed by atoms with E-state index in [1.165, 1.54) is 12.5 Å². The Balaban J connectivity index is 1.39. The number of carbonyl (C=O) groups excluding carboxylic acids is 1. The van der Waals surface area contributed by atoms with Crippen molar-refractivity contribution in [1.82, 2.24) is 14.4 Å². The van der Waals surface area contributed by atoms with Gasteiger partial charge in [0, 0.05) is 31.9 Å². The quantitative estimate of drug-likeness (QED) is 0.345. The molecular weight excluding hydrogens is 511 g/mol. The van der Waals surface area contributed by atoms with Gasteiger partial charge in [0.05, 0.1) is 24.3 Å². The van der Waals surface area contributed by atoms with Crippen LogP contribution in [-0.4, -0.2) is 72.8 Å². The summed E-state index contributed by atoms with van der Waals surface area (Å²) < 4.78 is 29.4. The van der Waals surface area contributed by atoms with Crippen LogP contribution >= 0.6 is 0 Å². The van der Waals surface area contributed by atoms with Crippen molar-refractivity contribution in [3.8, 4) is 17.2 Å². The Morgan fingerprint density at radius 2 is 1.88 bits per heavy atom. The number of halogens is 1. The monoisotopic (exact) mass is 542 g/mol. The van der Waals surface area contributed by atoms with Gasteiger partial charge in [-0.2, -0.15) is 0 Å². The van der Waals surface area contributed by atoms with E-state index in [4.69, 9.17) is 9.47 Å². The second-order valence-corrected chi connectivity index (χ2v) is 10.9. The molecule has 4 heterocycles. The number of aromatic nitrogens is 1. The molecule has 8 nitrogen and oxygen atoms in total. The molecule has 3 aromatic carbocycles. The van der Waals surface area contributed by atoms with Crippen LogP contribution < -0.4 is 15.5 Å². The number of morpholine rings is 1. The first kappa shape index (κ1) is 25.0. The van der Waals surface area contributed by atoms with Crippen LogP contribution in [0.3, 0.4) is 0 Å². The zero-order chi connectivity index (χ0) is 27.4. The van der Waals surface area contributed by atoms with Gasteiger partial charge in [0.15, 0.2) is 17.3 Å². The molecule has 1 aromatic heterocycles. The van der Waals surface area contributed by atoms with Gasteiger partial charge < -0.3 is 29.2 Å². The average molecular weight is 543 g/mol. The van der Waals surface area contributed by atoms with Crippen molar-refractivity contribution in [2.24, 2.45) is 0 Å². The number of hydrogen-bond acceptors (Lipinski definition) is 6. The van der Waals surface area contributed by atoms with Gasteiger partial charge in [0.25, 0.3) is 5.91 Å². The highest BCUT2D eigenvalue weighted by Gasteiger charge is 2.31. The van der Waals surface area contributed by atoms with E-state index in [0.717, 1.165) is 30.2 Å². The number of amides is 1. The number of rotatable bonds is 5. The lowest BCUT2D eigenvalue weighted by Crippen LogP contribution is -2.42. The molecule has 1 amide bonds. The fourth-order valence-electron chi connectivity index (χ4n) is 6.26. The van der Waals surface area contributed by atoms with Crippen molar-refractivity contribution in [3.05, 3.63) is 70.3 Å². The number of benzene rings is 3. The van der Waals surface area contributed by atoms with Gasteiger partial charge in [-0.05, 0) is 61.8 Å². The third kappa shape index (κ3) is 4.12. The van der Waals surface area contributed by atoms with Gasteiger partial charge in [-0.3, -0.25) is 9.59 Å². The molecule has 0 saturated carbocycles. The fourth-order valence-corrected chi connectivity index (χ4v) is 6.26. The lowest BCUT2D eigenvalue weighted by Gasteiger charge is -2.29. The Hall–Kier alpha value is -3.95. The molecular formula is C31H31FN4O4. The Kier molecular flexibility index (Phi) is 6.20. The zero-order valence-corrected chi connectivity index (χ0v) is 22.4. The minimum atomic E-state index is -0.578. The molecule has 1 atom stereocenters. The summed E-state index contributed by atoms with van der Waals surface area (Å²) in [6.07, 6.45) is 4.76. The van der Waals surface area contributed by atoms with Crippen molar-refractivity contribution in [2.45, 2.75) is 25.3 Å². The minimum Gasteiger partial charge on any atom is -0.451 e. The summed E-state index contributed by atoms with van der Waals surface area (Å²) >= 11 is 0. The van der Waals surface area contributed by atoms with Gasteiger partial charge >= 0.3 is 0 Å². The molecule has 0 spiro atoms.